The third kappa shape index (κ3) is 4.19. The van der Waals surface area contributed by atoms with Crippen LogP contribution in [0.4, 0.5) is 22.0 Å². The Morgan fingerprint density at radius 2 is 1.71 bits per heavy atom. The zero-order valence-electron chi connectivity index (χ0n) is 7.44. The van der Waals surface area contributed by atoms with Crippen molar-refractivity contribution in [3.05, 3.63) is 0 Å². The van der Waals surface area contributed by atoms with Gasteiger partial charge in [-0.05, 0) is 6.92 Å². The van der Waals surface area contributed by atoms with E-state index in [9.17, 15) is 22.0 Å². The maximum atomic E-state index is 12.3. The van der Waals surface area contributed by atoms with Crippen molar-refractivity contribution in [2.24, 2.45) is 0 Å². The van der Waals surface area contributed by atoms with Crippen LogP contribution in [0.3, 0.4) is 0 Å². The second-order valence-electron chi connectivity index (χ2n) is 2.72. The molecule has 0 bridgehead atoms. The molecule has 0 amide bonds. The minimum atomic E-state index is -5.62. The molecule has 0 aromatic carbocycles. The molecule has 1 atom stereocenters. The number of rotatable bonds is 5. The van der Waals surface area contributed by atoms with Crippen LogP contribution in [0.25, 0.3) is 0 Å². The van der Waals surface area contributed by atoms with Gasteiger partial charge < -0.3 is 9.84 Å². The smallest absolute Gasteiger partial charge is 0.390 e. The highest BCUT2D eigenvalue weighted by molar-refractivity contribution is 4.78. The van der Waals surface area contributed by atoms with Crippen LogP contribution in [0, 0.1) is 0 Å². The topological polar surface area (TPSA) is 29.5 Å². The van der Waals surface area contributed by atoms with Crippen molar-refractivity contribution in [1.29, 1.82) is 0 Å². The molecule has 1 N–H and O–H groups in total. The Labute approximate surface area is 77.7 Å². The lowest BCUT2D eigenvalue weighted by atomic mass is 10.1. The first-order valence-corrected chi connectivity index (χ1v) is 3.91. The van der Waals surface area contributed by atoms with Gasteiger partial charge in [-0.15, -0.1) is 0 Å². The van der Waals surface area contributed by atoms with Gasteiger partial charge in [-0.25, -0.2) is 0 Å². The summed E-state index contributed by atoms with van der Waals surface area (Å²) in [6, 6.07) is 0. The molecule has 0 aliphatic carbocycles. The van der Waals surface area contributed by atoms with Crippen molar-refractivity contribution in [2.75, 3.05) is 13.2 Å². The highest BCUT2D eigenvalue weighted by Crippen LogP contribution is 2.38. The molecule has 7 heteroatoms. The average Bonchev–Trinajstić information content (AvgIpc) is 1.97. The number of halogens is 5. The molecule has 0 rings (SSSR count). The van der Waals surface area contributed by atoms with Gasteiger partial charge in [-0.1, -0.05) is 0 Å². The van der Waals surface area contributed by atoms with Gasteiger partial charge in [0.25, 0.3) is 0 Å². The van der Waals surface area contributed by atoms with Crippen molar-refractivity contribution < 1.29 is 31.8 Å². The van der Waals surface area contributed by atoms with E-state index < -0.39 is 31.2 Å². The maximum Gasteiger partial charge on any atom is 0.453 e. The SMILES string of the molecule is CCOCC(O)CC(F)(F)C(F)(F)F. The molecule has 0 aliphatic heterocycles. The molecule has 0 fully saturated rings. The maximum absolute atomic E-state index is 12.3. The molecule has 2 nitrogen and oxygen atoms in total. The second-order valence-corrected chi connectivity index (χ2v) is 2.72. The van der Waals surface area contributed by atoms with Crippen molar-refractivity contribution in [3.63, 3.8) is 0 Å². The lowest BCUT2D eigenvalue weighted by Gasteiger charge is -2.22. The summed E-state index contributed by atoms with van der Waals surface area (Å²) in [5.41, 5.74) is 0. The standard InChI is InChI=1S/C7H11F5O2/c1-2-14-4-5(13)3-6(8,9)7(10,11)12/h5,13H,2-4H2,1H3. The summed E-state index contributed by atoms with van der Waals surface area (Å²) >= 11 is 0. The predicted molar refractivity (Wildman–Crippen MR) is 38.1 cm³/mol. The van der Waals surface area contributed by atoms with E-state index in [4.69, 9.17) is 5.11 Å². The molecule has 0 aliphatic rings. The lowest BCUT2D eigenvalue weighted by Crippen LogP contribution is -2.40. The van der Waals surface area contributed by atoms with Gasteiger partial charge in [-0.2, -0.15) is 22.0 Å². The Morgan fingerprint density at radius 1 is 1.21 bits per heavy atom. The largest absolute Gasteiger partial charge is 0.453 e. The molecular formula is C7H11F5O2. The van der Waals surface area contributed by atoms with Crippen LogP contribution in [0.5, 0.6) is 0 Å². The molecule has 0 aromatic heterocycles. The van der Waals surface area contributed by atoms with Crippen LogP contribution >= 0.6 is 0 Å². The Hall–Kier alpha value is -0.430. The first kappa shape index (κ1) is 13.6. The third-order valence-electron chi connectivity index (χ3n) is 1.42. The van der Waals surface area contributed by atoms with Crippen LogP contribution in [0.2, 0.25) is 0 Å². The van der Waals surface area contributed by atoms with Gasteiger partial charge in [0.2, 0.25) is 0 Å². The van der Waals surface area contributed by atoms with Crippen LogP contribution in [-0.4, -0.2) is 36.5 Å². The fourth-order valence-corrected chi connectivity index (χ4v) is 0.724. The number of ether oxygens (including phenoxy) is 1. The molecule has 0 radical (unpaired) electrons. The number of alkyl halides is 5. The molecule has 0 saturated heterocycles. The van der Waals surface area contributed by atoms with Crippen LogP contribution in [-0.2, 0) is 4.74 Å². The van der Waals surface area contributed by atoms with E-state index in [0.717, 1.165) is 0 Å². The van der Waals surface area contributed by atoms with Gasteiger partial charge in [0.1, 0.15) is 0 Å². The predicted octanol–water partition coefficient (Wildman–Crippen LogP) is 1.97. The summed E-state index contributed by atoms with van der Waals surface area (Å²) in [6.07, 6.45) is -9.11. The number of hydrogen-bond acceptors (Lipinski definition) is 2. The van der Waals surface area contributed by atoms with Gasteiger partial charge >= 0.3 is 12.1 Å². The van der Waals surface area contributed by atoms with Gasteiger partial charge in [0, 0.05) is 13.0 Å². The number of aliphatic hydroxyl groups is 1. The monoisotopic (exact) mass is 222 g/mol. The summed E-state index contributed by atoms with van der Waals surface area (Å²) in [4.78, 5) is 0. The highest BCUT2D eigenvalue weighted by atomic mass is 19.4. The molecule has 0 saturated carbocycles. The minimum absolute atomic E-state index is 0.147. The number of hydrogen-bond donors (Lipinski definition) is 1. The normalized spacial score (nSPS) is 15.6. The Bertz CT molecular complexity index is 168. The van der Waals surface area contributed by atoms with E-state index in [-0.39, 0.29) is 6.61 Å². The molecule has 0 spiro atoms. The Morgan fingerprint density at radius 3 is 2.07 bits per heavy atom. The number of aliphatic hydroxyl groups excluding tert-OH is 1. The fourth-order valence-electron chi connectivity index (χ4n) is 0.724. The fraction of sp³-hybridized carbons (Fsp3) is 1.00. The molecule has 86 valence electrons. The van der Waals surface area contributed by atoms with Crippen molar-refractivity contribution in [2.45, 2.75) is 31.5 Å². The molecule has 0 aromatic rings. The minimum Gasteiger partial charge on any atom is -0.390 e. The van der Waals surface area contributed by atoms with E-state index in [2.05, 4.69) is 4.74 Å². The summed E-state index contributed by atoms with van der Waals surface area (Å²) < 4.78 is 63.9. The molecular weight excluding hydrogens is 211 g/mol. The van der Waals surface area contributed by atoms with Gasteiger partial charge in [-0.3, -0.25) is 0 Å². The Balaban J connectivity index is 4.08. The summed E-state index contributed by atoms with van der Waals surface area (Å²) in [7, 11) is 0. The van der Waals surface area contributed by atoms with Crippen molar-refractivity contribution >= 4 is 0 Å². The third-order valence-corrected chi connectivity index (χ3v) is 1.42. The first-order valence-electron chi connectivity index (χ1n) is 3.91. The van der Waals surface area contributed by atoms with E-state index in [1.807, 2.05) is 0 Å². The van der Waals surface area contributed by atoms with Crippen LogP contribution in [0.1, 0.15) is 13.3 Å². The van der Waals surface area contributed by atoms with E-state index >= 15 is 0 Å². The van der Waals surface area contributed by atoms with E-state index in [1.54, 1.807) is 0 Å². The van der Waals surface area contributed by atoms with Crippen LogP contribution in [0.15, 0.2) is 0 Å². The van der Waals surface area contributed by atoms with E-state index in [1.165, 1.54) is 6.92 Å². The molecule has 1 unspecified atom stereocenters. The first-order chi connectivity index (χ1) is 6.20. The lowest BCUT2D eigenvalue weighted by molar-refractivity contribution is -0.291. The zero-order valence-corrected chi connectivity index (χ0v) is 7.44. The van der Waals surface area contributed by atoms with Crippen molar-refractivity contribution in [1.82, 2.24) is 0 Å². The van der Waals surface area contributed by atoms with Gasteiger partial charge in [0.05, 0.1) is 12.7 Å². The second kappa shape index (κ2) is 4.88. The quantitative estimate of drug-likeness (QED) is 0.720. The summed E-state index contributed by atoms with van der Waals surface area (Å²) in [6.45, 7) is 1.16. The highest BCUT2D eigenvalue weighted by Gasteiger charge is 2.57. The van der Waals surface area contributed by atoms with Gasteiger partial charge in [0.15, 0.2) is 0 Å². The Kier molecular flexibility index (Phi) is 4.73. The summed E-state index contributed by atoms with van der Waals surface area (Å²) in [5, 5.41) is 8.77. The van der Waals surface area contributed by atoms with Crippen LogP contribution < -0.4 is 0 Å². The van der Waals surface area contributed by atoms with E-state index in [0.29, 0.717) is 0 Å². The van der Waals surface area contributed by atoms with Crippen molar-refractivity contribution in [3.8, 4) is 0 Å². The average molecular weight is 222 g/mol. The molecule has 0 heterocycles. The summed E-state index contributed by atoms with van der Waals surface area (Å²) in [5.74, 6) is -4.87. The molecule has 14 heavy (non-hydrogen) atoms. The zero-order chi connectivity index (χ0) is 11.4.